The molecule has 0 bridgehead atoms. The maximum Gasteiger partial charge on any atom is 0.0979 e. The van der Waals surface area contributed by atoms with Crippen LogP contribution >= 0.6 is 0 Å². The van der Waals surface area contributed by atoms with Crippen LogP contribution in [0.4, 0.5) is 0 Å². The zero-order valence-electron chi connectivity index (χ0n) is 18.7. The van der Waals surface area contributed by atoms with E-state index in [0.717, 1.165) is 50.2 Å². The number of fused-ring (bicyclic) bond motifs is 1. The number of aromatic nitrogens is 2. The molecule has 0 aliphatic carbocycles. The van der Waals surface area contributed by atoms with Crippen LogP contribution < -0.4 is 0 Å². The monoisotopic (exact) mass is 414 g/mol. The molecule has 0 N–H and O–H groups in total. The maximum absolute atomic E-state index is 5.32. The third-order valence-electron chi connectivity index (χ3n) is 5.75. The first-order valence-electron chi connectivity index (χ1n) is 11.0. The van der Waals surface area contributed by atoms with Crippen LogP contribution in [0.25, 0.3) is 44.5 Å². The summed E-state index contributed by atoms with van der Waals surface area (Å²) >= 11 is 0. The van der Waals surface area contributed by atoms with Crippen LogP contribution in [-0.2, 0) is 5.41 Å². The van der Waals surface area contributed by atoms with E-state index < -0.39 is 0 Å². The van der Waals surface area contributed by atoms with Gasteiger partial charge in [0.25, 0.3) is 0 Å². The van der Waals surface area contributed by atoms with Crippen LogP contribution in [0.5, 0.6) is 0 Å². The molecule has 0 atom stereocenters. The van der Waals surface area contributed by atoms with Gasteiger partial charge in [0.2, 0.25) is 0 Å². The Balaban J connectivity index is 1.90. The molecule has 0 spiro atoms. The third kappa shape index (κ3) is 3.69. The highest BCUT2D eigenvalue weighted by Gasteiger charge is 2.25. The van der Waals surface area contributed by atoms with E-state index in [1.54, 1.807) is 0 Å². The van der Waals surface area contributed by atoms with Crippen molar-refractivity contribution in [2.75, 3.05) is 0 Å². The number of hydrogen-bond acceptors (Lipinski definition) is 2. The van der Waals surface area contributed by atoms with Gasteiger partial charge < -0.3 is 0 Å². The summed E-state index contributed by atoms with van der Waals surface area (Å²) in [4.78, 5) is 10.6. The third-order valence-corrected chi connectivity index (χ3v) is 5.75. The van der Waals surface area contributed by atoms with Gasteiger partial charge in [-0.05, 0) is 11.1 Å². The summed E-state index contributed by atoms with van der Waals surface area (Å²) in [5.41, 5.74) is 9.30. The molecular weight excluding hydrogens is 388 g/mol. The Bertz CT molecular complexity index is 1370. The molecule has 32 heavy (non-hydrogen) atoms. The van der Waals surface area contributed by atoms with Gasteiger partial charge in [-0.1, -0.05) is 124 Å². The van der Waals surface area contributed by atoms with Gasteiger partial charge >= 0.3 is 0 Å². The van der Waals surface area contributed by atoms with Crippen molar-refractivity contribution in [1.29, 1.82) is 0 Å². The molecule has 0 aliphatic heterocycles. The van der Waals surface area contributed by atoms with E-state index in [1.165, 1.54) is 0 Å². The van der Waals surface area contributed by atoms with Crippen LogP contribution in [0.3, 0.4) is 0 Å². The van der Waals surface area contributed by atoms with E-state index in [4.69, 9.17) is 9.97 Å². The van der Waals surface area contributed by atoms with Gasteiger partial charge in [0.15, 0.2) is 0 Å². The zero-order chi connectivity index (χ0) is 22.1. The summed E-state index contributed by atoms with van der Waals surface area (Å²) < 4.78 is 0. The molecule has 0 fully saturated rings. The van der Waals surface area contributed by atoms with Crippen molar-refractivity contribution >= 4 is 11.0 Å². The average Bonchev–Trinajstić information content (AvgIpc) is 2.83. The molecule has 0 amide bonds. The fourth-order valence-electron chi connectivity index (χ4n) is 4.16. The highest BCUT2D eigenvalue weighted by Crippen LogP contribution is 2.38. The summed E-state index contributed by atoms with van der Waals surface area (Å²) in [7, 11) is 0. The number of nitrogens with zero attached hydrogens (tertiary/aromatic N) is 2. The van der Waals surface area contributed by atoms with Crippen molar-refractivity contribution in [3.05, 3.63) is 109 Å². The lowest BCUT2D eigenvalue weighted by atomic mass is 9.87. The standard InChI is InChI=1S/C30H26N2/c1-30(2,3)29-26(23-17-11-6-12-18-23)31-27-24(21-13-7-4-8-14-21)19-20-25(28(27)32-29)22-15-9-5-10-16-22/h4-20H,1-3H3. The topological polar surface area (TPSA) is 25.8 Å². The van der Waals surface area contributed by atoms with Gasteiger partial charge in [-0.15, -0.1) is 0 Å². The van der Waals surface area contributed by atoms with Gasteiger partial charge in [0, 0.05) is 22.1 Å². The second-order valence-electron chi connectivity index (χ2n) is 9.13. The van der Waals surface area contributed by atoms with Gasteiger partial charge in [-0.3, -0.25) is 0 Å². The molecule has 2 nitrogen and oxygen atoms in total. The quantitative estimate of drug-likeness (QED) is 0.299. The minimum Gasteiger partial charge on any atom is -0.248 e. The van der Waals surface area contributed by atoms with E-state index in [1.807, 2.05) is 18.2 Å². The molecular formula is C30H26N2. The summed E-state index contributed by atoms with van der Waals surface area (Å²) in [6.45, 7) is 6.62. The Kier molecular flexibility index (Phi) is 5.07. The fourth-order valence-corrected chi connectivity index (χ4v) is 4.16. The van der Waals surface area contributed by atoms with Crippen LogP contribution in [0, 0.1) is 0 Å². The van der Waals surface area contributed by atoms with E-state index in [-0.39, 0.29) is 5.41 Å². The van der Waals surface area contributed by atoms with Crippen molar-refractivity contribution in [1.82, 2.24) is 9.97 Å². The van der Waals surface area contributed by atoms with E-state index in [2.05, 4.69) is 106 Å². The van der Waals surface area contributed by atoms with Crippen molar-refractivity contribution in [3.63, 3.8) is 0 Å². The van der Waals surface area contributed by atoms with E-state index in [0.29, 0.717) is 0 Å². The molecule has 5 aromatic rings. The zero-order valence-corrected chi connectivity index (χ0v) is 18.7. The lowest BCUT2D eigenvalue weighted by molar-refractivity contribution is 0.571. The minimum atomic E-state index is -0.150. The summed E-state index contributed by atoms with van der Waals surface area (Å²) in [6.07, 6.45) is 0. The van der Waals surface area contributed by atoms with Crippen LogP contribution in [0.1, 0.15) is 26.5 Å². The van der Waals surface area contributed by atoms with Crippen molar-refractivity contribution in [3.8, 4) is 33.5 Å². The van der Waals surface area contributed by atoms with E-state index >= 15 is 0 Å². The molecule has 0 saturated carbocycles. The number of hydrogen-bond donors (Lipinski definition) is 0. The first kappa shape index (κ1) is 20.1. The first-order valence-corrected chi connectivity index (χ1v) is 11.0. The van der Waals surface area contributed by atoms with Gasteiger partial charge in [0.05, 0.1) is 22.4 Å². The molecule has 5 rings (SSSR count). The van der Waals surface area contributed by atoms with Gasteiger partial charge in [-0.2, -0.15) is 0 Å². The molecule has 4 aromatic carbocycles. The first-order chi connectivity index (χ1) is 15.5. The van der Waals surface area contributed by atoms with Crippen LogP contribution in [0.2, 0.25) is 0 Å². The predicted molar refractivity (Wildman–Crippen MR) is 135 cm³/mol. The predicted octanol–water partition coefficient (Wildman–Crippen LogP) is 7.93. The van der Waals surface area contributed by atoms with E-state index in [9.17, 15) is 0 Å². The van der Waals surface area contributed by atoms with Crippen LogP contribution in [-0.4, -0.2) is 9.97 Å². The van der Waals surface area contributed by atoms with Gasteiger partial charge in [0.1, 0.15) is 0 Å². The number of rotatable bonds is 3. The van der Waals surface area contributed by atoms with Gasteiger partial charge in [-0.25, -0.2) is 9.97 Å². The Morgan fingerprint density at radius 2 is 0.875 bits per heavy atom. The molecule has 1 aromatic heterocycles. The Morgan fingerprint density at radius 1 is 0.469 bits per heavy atom. The Labute approximate surface area is 189 Å². The van der Waals surface area contributed by atoms with Crippen molar-refractivity contribution in [2.24, 2.45) is 0 Å². The Morgan fingerprint density at radius 3 is 1.31 bits per heavy atom. The van der Waals surface area contributed by atoms with Crippen molar-refractivity contribution in [2.45, 2.75) is 26.2 Å². The van der Waals surface area contributed by atoms with Crippen LogP contribution in [0.15, 0.2) is 103 Å². The maximum atomic E-state index is 5.32. The largest absolute Gasteiger partial charge is 0.248 e. The average molecular weight is 415 g/mol. The lowest BCUT2D eigenvalue weighted by Gasteiger charge is -2.23. The highest BCUT2D eigenvalue weighted by atomic mass is 14.8. The summed E-state index contributed by atoms with van der Waals surface area (Å²) in [5, 5.41) is 0. The molecule has 0 unspecified atom stereocenters. The lowest BCUT2D eigenvalue weighted by Crippen LogP contribution is -2.17. The summed E-state index contributed by atoms with van der Waals surface area (Å²) in [6, 6.07) is 35.7. The molecule has 0 saturated heterocycles. The second-order valence-corrected chi connectivity index (χ2v) is 9.13. The normalized spacial score (nSPS) is 11.6. The molecule has 0 aliphatic rings. The molecule has 0 radical (unpaired) electrons. The summed E-state index contributed by atoms with van der Waals surface area (Å²) in [5.74, 6) is 0. The number of benzene rings is 4. The fraction of sp³-hybridized carbons (Fsp3) is 0.133. The molecule has 1 heterocycles. The SMILES string of the molecule is CC(C)(C)c1nc2c(-c3ccccc3)ccc(-c3ccccc3)c2nc1-c1ccccc1. The molecule has 2 heteroatoms. The molecule has 156 valence electrons. The highest BCUT2D eigenvalue weighted by molar-refractivity contribution is 6.01. The smallest absolute Gasteiger partial charge is 0.0979 e. The Hall–Kier alpha value is -3.78. The van der Waals surface area contributed by atoms with Crippen molar-refractivity contribution < 1.29 is 0 Å². The second kappa shape index (κ2) is 8.05. The minimum absolute atomic E-state index is 0.150.